The van der Waals surface area contributed by atoms with E-state index < -0.39 is 0 Å². The lowest BCUT2D eigenvalue weighted by Crippen LogP contribution is -2.38. The Kier molecular flexibility index (Phi) is 6.50. The van der Waals surface area contributed by atoms with Crippen LogP contribution in [0.1, 0.15) is 23.7 Å². The Morgan fingerprint density at radius 1 is 1.27 bits per heavy atom. The molecule has 0 bridgehead atoms. The number of nitrogens with zero attached hydrogens (tertiary/aromatic N) is 4. The van der Waals surface area contributed by atoms with Crippen molar-refractivity contribution in [2.24, 2.45) is 0 Å². The van der Waals surface area contributed by atoms with Gasteiger partial charge in [0.1, 0.15) is 11.4 Å². The standard InChI is InChI=1S/C21H26N6O3/c1-2-30-18-12-15(21(28)23-6-3-7-27-8-10-29-11-9-27)4-5-16(18)19-25-17-13-22-14-24-20(17)26-19/h4-5,12-14H,2-3,6-11H2,1H3,(H,23,28)(H,22,24,25,26). The van der Waals surface area contributed by atoms with E-state index >= 15 is 0 Å². The molecule has 0 aliphatic carbocycles. The van der Waals surface area contributed by atoms with Crippen LogP contribution in [-0.4, -0.2) is 76.7 Å². The Morgan fingerprint density at radius 3 is 2.93 bits per heavy atom. The Bertz CT molecular complexity index is 924. The van der Waals surface area contributed by atoms with Crippen LogP contribution in [-0.2, 0) is 4.74 Å². The Hall–Kier alpha value is -3.04. The minimum Gasteiger partial charge on any atom is -0.493 e. The van der Waals surface area contributed by atoms with Gasteiger partial charge in [-0.1, -0.05) is 0 Å². The van der Waals surface area contributed by atoms with E-state index in [0.29, 0.717) is 41.8 Å². The van der Waals surface area contributed by atoms with Crippen LogP contribution in [0.3, 0.4) is 0 Å². The SMILES string of the molecule is CCOc1cc(C(=O)NCCCN2CCOCC2)ccc1-c1nc2c[nH]cnc-2n1. The van der Waals surface area contributed by atoms with Crippen molar-refractivity contribution in [3.8, 4) is 28.7 Å². The molecule has 3 aliphatic heterocycles. The molecule has 30 heavy (non-hydrogen) atoms. The number of carbonyl (C=O) groups excluding carboxylic acids is 1. The maximum atomic E-state index is 12.6. The van der Waals surface area contributed by atoms with Gasteiger partial charge in [0.2, 0.25) is 0 Å². The van der Waals surface area contributed by atoms with E-state index in [9.17, 15) is 4.79 Å². The number of aromatic nitrogens is 4. The molecule has 0 saturated carbocycles. The third kappa shape index (κ3) is 4.74. The number of fused-ring (bicyclic) bond motifs is 1. The zero-order chi connectivity index (χ0) is 20.8. The van der Waals surface area contributed by atoms with Crippen LogP contribution in [0.2, 0.25) is 0 Å². The van der Waals surface area contributed by atoms with Gasteiger partial charge >= 0.3 is 0 Å². The summed E-state index contributed by atoms with van der Waals surface area (Å²) < 4.78 is 11.1. The first-order chi connectivity index (χ1) is 14.7. The highest BCUT2D eigenvalue weighted by molar-refractivity contribution is 5.95. The lowest BCUT2D eigenvalue weighted by molar-refractivity contribution is 0.0374. The number of ether oxygens (including phenoxy) is 2. The molecule has 4 rings (SSSR count). The van der Waals surface area contributed by atoms with Crippen molar-refractivity contribution in [2.75, 3.05) is 46.0 Å². The van der Waals surface area contributed by atoms with Crippen LogP contribution in [0.25, 0.3) is 22.9 Å². The van der Waals surface area contributed by atoms with E-state index in [0.717, 1.165) is 44.8 Å². The van der Waals surface area contributed by atoms with Gasteiger partial charge in [-0.2, -0.15) is 0 Å². The van der Waals surface area contributed by atoms with E-state index in [1.165, 1.54) is 0 Å². The zero-order valence-electron chi connectivity index (χ0n) is 17.1. The number of imidazole rings is 1. The molecule has 1 fully saturated rings. The number of rotatable bonds is 8. The van der Waals surface area contributed by atoms with Gasteiger partial charge in [0.05, 0.1) is 31.7 Å². The number of H-pyrrole nitrogens is 1. The molecule has 1 aromatic carbocycles. The quantitative estimate of drug-likeness (QED) is 0.546. The molecule has 0 spiro atoms. The predicted octanol–water partition coefficient (Wildman–Crippen LogP) is 1.82. The maximum Gasteiger partial charge on any atom is 0.251 e. The fourth-order valence-electron chi connectivity index (χ4n) is 3.43. The summed E-state index contributed by atoms with van der Waals surface area (Å²) in [5.41, 5.74) is 1.96. The summed E-state index contributed by atoms with van der Waals surface area (Å²) in [4.78, 5) is 31.0. The average molecular weight is 410 g/mol. The van der Waals surface area contributed by atoms with Gasteiger partial charge in [0, 0.05) is 31.4 Å². The summed E-state index contributed by atoms with van der Waals surface area (Å²) in [6.07, 6.45) is 4.22. The average Bonchev–Trinajstić information content (AvgIpc) is 3.21. The second-order valence-corrected chi connectivity index (χ2v) is 7.03. The van der Waals surface area contributed by atoms with E-state index in [1.807, 2.05) is 13.0 Å². The minimum atomic E-state index is -0.116. The monoisotopic (exact) mass is 410 g/mol. The Balaban J connectivity index is 1.42. The molecule has 0 atom stereocenters. The highest BCUT2D eigenvalue weighted by Gasteiger charge is 2.18. The second kappa shape index (κ2) is 9.64. The van der Waals surface area contributed by atoms with E-state index in [4.69, 9.17) is 9.47 Å². The highest BCUT2D eigenvalue weighted by atomic mass is 16.5. The molecule has 9 nitrogen and oxygen atoms in total. The molecule has 0 radical (unpaired) electrons. The highest BCUT2D eigenvalue weighted by Crippen LogP contribution is 2.31. The van der Waals surface area contributed by atoms with Crippen LogP contribution in [0.4, 0.5) is 0 Å². The fraction of sp³-hybridized carbons (Fsp3) is 0.429. The molecular formula is C21H26N6O3. The van der Waals surface area contributed by atoms with Crippen LogP contribution < -0.4 is 10.1 Å². The van der Waals surface area contributed by atoms with Crippen LogP contribution in [0, 0.1) is 0 Å². The molecule has 1 aromatic rings. The number of aromatic amines is 1. The fourth-order valence-corrected chi connectivity index (χ4v) is 3.43. The molecular weight excluding hydrogens is 384 g/mol. The van der Waals surface area contributed by atoms with Gasteiger partial charge in [0.25, 0.3) is 5.91 Å². The smallest absolute Gasteiger partial charge is 0.251 e. The number of morpholine rings is 1. The van der Waals surface area contributed by atoms with Gasteiger partial charge in [-0.3, -0.25) is 9.69 Å². The van der Waals surface area contributed by atoms with Crippen LogP contribution in [0.5, 0.6) is 5.75 Å². The van der Waals surface area contributed by atoms with Gasteiger partial charge < -0.3 is 19.8 Å². The normalized spacial score (nSPS) is 14.7. The van der Waals surface area contributed by atoms with Crippen molar-refractivity contribution >= 4 is 5.91 Å². The number of hydrogen-bond acceptors (Lipinski definition) is 7. The third-order valence-corrected chi connectivity index (χ3v) is 4.97. The summed E-state index contributed by atoms with van der Waals surface area (Å²) in [5.74, 6) is 1.55. The lowest BCUT2D eigenvalue weighted by atomic mass is 10.1. The second-order valence-electron chi connectivity index (χ2n) is 7.03. The van der Waals surface area contributed by atoms with Gasteiger partial charge in [-0.05, 0) is 38.1 Å². The van der Waals surface area contributed by atoms with Gasteiger partial charge in [0.15, 0.2) is 11.6 Å². The summed E-state index contributed by atoms with van der Waals surface area (Å²) in [7, 11) is 0. The third-order valence-electron chi connectivity index (χ3n) is 4.97. The molecule has 9 heteroatoms. The van der Waals surface area contributed by atoms with Crippen molar-refractivity contribution < 1.29 is 14.3 Å². The Labute approximate surface area is 175 Å². The molecule has 1 amide bonds. The summed E-state index contributed by atoms with van der Waals surface area (Å²) >= 11 is 0. The molecule has 158 valence electrons. The van der Waals surface area contributed by atoms with E-state index in [2.05, 4.69) is 30.2 Å². The molecule has 3 aliphatic rings. The first-order valence-electron chi connectivity index (χ1n) is 10.3. The van der Waals surface area contributed by atoms with Crippen molar-refractivity contribution in [3.63, 3.8) is 0 Å². The first kappa shape index (κ1) is 20.2. The molecule has 0 unspecified atom stereocenters. The minimum absolute atomic E-state index is 0.116. The first-order valence-corrected chi connectivity index (χ1v) is 10.3. The maximum absolute atomic E-state index is 12.6. The molecule has 3 heterocycles. The predicted molar refractivity (Wildman–Crippen MR) is 112 cm³/mol. The summed E-state index contributed by atoms with van der Waals surface area (Å²) in [6.45, 7) is 7.46. The number of nitrogens with one attached hydrogen (secondary N) is 2. The van der Waals surface area contributed by atoms with Gasteiger partial charge in [-0.15, -0.1) is 0 Å². The number of hydrogen-bond donors (Lipinski definition) is 2. The summed E-state index contributed by atoms with van der Waals surface area (Å²) in [6, 6.07) is 5.35. The van der Waals surface area contributed by atoms with Crippen molar-refractivity contribution in [1.82, 2.24) is 30.2 Å². The van der Waals surface area contributed by atoms with E-state index in [1.54, 1.807) is 24.7 Å². The number of carbonyl (C=O) groups is 1. The van der Waals surface area contributed by atoms with Crippen molar-refractivity contribution in [3.05, 3.63) is 36.3 Å². The summed E-state index contributed by atoms with van der Waals surface area (Å²) in [5, 5.41) is 2.99. The van der Waals surface area contributed by atoms with Crippen LogP contribution >= 0.6 is 0 Å². The zero-order valence-corrected chi connectivity index (χ0v) is 17.1. The molecule has 1 saturated heterocycles. The van der Waals surface area contributed by atoms with Crippen LogP contribution in [0.15, 0.2) is 30.7 Å². The number of amides is 1. The van der Waals surface area contributed by atoms with Crippen molar-refractivity contribution in [1.29, 1.82) is 0 Å². The molecule has 0 aromatic heterocycles. The lowest BCUT2D eigenvalue weighted by Gasteiger charge is -2.26. The number of benzene rings is 1. The topological polar surface area (TPSA) is 105 Å². The van der Waals surface area contributed by atoms with E-state index in [-0.39, 0.29) is 5.91 Å². The van der Waals surface area contributed by atoms with Crippen molar-refractivity contribution in [2.45, 2.75) is 13.3 Å². The van der Waals surface area contributed by atoms with Gasteiger partial charge in [-0.25, -0.2) is 15.0 Å². The largest absolute Gasteiger partial charge is 0.493 e. The molecule has 2 N–H and O–H groups in total. The Morgan fingerprint density at radius 2 is 2.13 bits per heavy atom.